The average molecular weight is 547 g/mol. The Morgan fingerprint density at radius 3 is 2.51 bits per heavy atom. The summed E-state index contributed by atoms with van der Waals surface area (Å²) < 4.78 is 1.82. The quantitative estimate of drug-likeness (QED) is 0.236. The van der Waals surface area contributed by atoms with E-state index < -0.39 is 6.03 Å². The van der Waals surface area contributed by atoms with E-state index in [1.807, 2.05) is 29.7 Å². The first-order valence-electron chi connectivity index (χ1n) is 10.7. The van der Waals surface area contributed by atoms with Gasteiger partial charge in [0.2, 0.25) is 0 Å². The van der Waals surface area contributed by atoms with Crippen molar-refractivity contribution in [3.8, 4) is 5.69 Å². The lowest BCUT2D eigenvalue weighted by atomic mass is 10.1. The van der Waals surface area contributed by atoms with Gasteiger partial charge in [-0.15, -0.1) is 10.2 Å². The van der Waals surface area contributed by atoms with Crippen molar-refractivity contribution in [3.63, 3.8) is 0 Å². The number of anilines is 1. The van der Waals surface area contributed by atoms with Gasteiger partial charge in [-0.2, -0.15) is 0 Å². The SMILES string of the molecule is Cc1ccc(NC(=O)NCc2nnc(SCc3ccccc3C)n2-c2cc(Cl)ccc2Cl)cc1Cl. The zero-order valence-electron chi connectivity index (χ0n) is 19.0. The van der Waals surface area contributed by atoms with E-state index in [1.165, 1.54) is 22.9 Å². The summed E-state index contributed by atoms with van der Waals surface area (Å²) in [6.07, 6.45) is 0. The summed E-state index contributed by atoms with van der Waals surface area (Å²) in [4.78, 5) is 12.5. The summed E-state index contributed by atoms with van der Waals surface area (Å²) in [6.45, 7) is 4.09. The van der Waals surface area contributed by atoms with Gasteiger partial charge in [0.15, 0.2) is 11.0 Å². The second-order valence-electron chi connectivity index (χ2n) is 7.82. The summed E-state index contributed by atoms with van der Waals surface area (Å²) >= 11 is 20.5. The van der Waals surface area contributed by atoms with Gasteiger partial charge in [0, 0.05) is 21.5 Å². The molecule has 0 bridgehead atoms. The molecule has 0 spiro atoms. The summed E-state index contributed by atoms with van der Waals surface area (Å²) in [5.74, 6) is 1.21. The molecule has 2 amide bonds. The smallest absolute Gasteiger partial charge is 0.319 e. The van der Waals surface area contributed by atoms with Crippen molar-refractivity contribution in [1.82, 2.24) is 20.1 Å². The van der Waals surface area contributed by atoms with Crippen molar-refractivity contribution in [2.45, 2.75) is 31.3 Å². The van der Waals surface area contributed by atoms with E-state index in [4.69, 9.17) is 34.8 Å². The topological polar surface area (TPSA) is 71.8 Å². The number of benzene rings is 3. The first-order valence-corrected chi connectivity index (χ1v) is 12.8. The van der Waals surface area contributed by atoms with Crippen LogP contribution < -0.4 is 10.6 Å². The molecule has 4 aromatic rings. The number of urea groups is 1. The molecule has 0 aliphatic heterocycles. The third-order valence-electron chi connectivity index (χ3n) is 5.30. The van der Waals surface area contributed by atoms with Crippen molar-refractivity contribution in [2.75, 3.05) is 5.32 Å². The van der Waals surface area contributed by atoms with Crippen LogP contribution in [0.5, 0.6) is 0 Å². The molecule has 0 atom stereocenters. The first kappa shape index (κ1) is 25.4. The number of hydrogen-bond acceptors (Lipinski definition) is 4. The van der Waals surface area contributed by atoms with E-state index in [-0.39, 0.29) is 6.54 Å². The summed E-state index contributed by atoms with van der Waals surface area (Å²) in [5.41, 5.74) is 4.55. The molecule has 0 unspecified atom stereocenters. The van der Waals surface area contributed by atoms with Gasteiger partial charge in [0.25, 0.3) is 0 Å². The molecule has 1 heterocycles. The van der Waals surface area contributed by atoms with Crippen molar-refractivity contribution >= 4 is 58.3 Å². The molecule has 4 rings (SSSR count). The minimum absolute atomic E-state index is 0.117. The summed E-state index contributed by atoms with van der Waals surface area (Å²) in [7, 11) is 0. The first-order chi connectivity index (χ1) is 16.8. The lowest BCUT2D eigenvalue weighted by Gasteiger charge is -2.14. The number of halogens is 3. The Bertz CT molecular complexity index is 1380. The third kappa shape index (κ3) is 6.30. The van der Waals surface area contributed by atoms with Crippen LogP contribution in [0.2, 0.25) is 15.1 Å². The molecule has 6 nitrogen and oxygen atoms in total. The maximum absolute atomic E-state index is 12.5. The van der Waals surface area contributed by atoms with Crippen molar-refractivity contribution in [1.29, 1.82) is 0 Å². The number of rotatable bonds is 7. The Kier molecular flexibility index (Phi) is 8.23. The normalized spacial score (nSPS) is 10.9. The Balaban J connectivity index is 1.56. The molecule has 0 aliphatic rings. The molecule has 180 valence electrons. The van der Waals surface area contributed by atoms with E-state index in [9.17, 15) is 4.79 Å². The van der Waals surface area contributed by atoms with Crippen LogP contribution in [0.25, 0.3) is 5.69 Å². The van der Waals surface area contributed by atoms with Crippen LogP contribution >= 0.6 is 46.6 Å². The number of thioether (sulfide) groups is 1. The lowest BCUT2D eigenvalue weighted by Crippen LogP contribution is -2.29. The van der Waals surface area contributed by atoms with Crippen molar-refractivity contribution in [2.24, 2.45) is 0 Å². The van der Waals surface area contributed by atoms with Crippen LogP contribution in [0.1, 0.15) is 22.5 Å². The molecule has 0 fully saturated rings. The highest BCUT2D eigenvalue weighted by atomic mass is 35.5. The predicted octanol–water partition coefficient (Wildman–Crippen LogP) is 7.46. The monoisotopic (exact) mass is 545 g/mol. The summed E-state index contributed by atoms with van der Waals surface area (Å²) in [6, 6.07) is 18.3. The minimum atomic E-state index is -0.397. The van der Waals surface area contributed by atoms with Gasteiger partial charge in [-0.25, -0.2) is 4.79 Å². The number of carbonyl (C=O) groups is 1. The lowest BCUT2D eigenvalue weighted by molar-refractivity contribution is 0.251. The Hall–Kier alpha value is -2.71. The second-order valence-corrected chi connectivity index (χ2v) is 10.0. The minimum Gasteiger partial charge on any atom is -0.331 e. The van der Waals surface area contributed by atoms with Gasteiger partial charge < -0.3 is 10.6 Å². The number of hydrogen-bond donors (Lipinski definition) is 2. The molecule has 10 heteroatoms. The molecular weight excluding hydrogens is 525 g/mol. The molecule has 3 aromatic carbocycles. The standard InChI is InChI=1S/C25H22Cl3N5OS/c1-15-5-3-4-6-17(15)14-35-25-32-31-23(33(25)22-11-18(26)8-10-20(22)27)13-29-24(34)30-19-9-7-16(2)21(28)12-19/h3-12H,13-14H2,1-2H3,(H2,29,30,34). The average Bonchev–Trinajstić information content (AvgIpc) is 3.23. The summed E-state index contributed by atoms with van der Waals surface area (Å²) in [5, 5.41) is 16.5. The highest BCUT2D eigenvalue weighted by Crippen LogP contribution is 2.31. The van der Waals surface area contributed by atoms with Gasteiger partial charge in [0.1, 0.15) is 0 Å². The third-order valence-corrected chi connectivity index (χ3v) is 7.24. The predicted molar refractivity (Wildman–Crippen MR) is 144 cm³/mol. The number of aryl methyl sites for hydroxylation is 2. The molecule has 1 aromatic heterocycles. The Morgan fingerprint density at radius 1 is 0.943 bits per heavy atom. The fourth-order valence-electron chi connectivity index (χ4n) is 3.33. The molecule has 2 N–H and O–H groups in total. The van der Waals surface area contributed by atoms with Gasteiger partial charge in [-0.05, 0) is 60.9 Å². The molecular formula is C25H22Cl3N5OS. The molecule has 35 heavy (non-hydrogen) atoms. The fraction of sp³-hybridized carbons (Fsp3) is 0.160. The van der Waals surface area contributed by atoms with Crippen LogP contribution in [-0.2, 0) is 12.3 Å². The van der Waals surface area contributed by atoms with E-state index in [0.717, 1.165) is 5.56 Å². The van der Waals surface area contributed by atoms with E-state index in [0.29, 0.717) is 43.2 Å². The van der Waals surface area contributed by atoms with Gasteiger partial charge >= 0.3 is 6.03 Å². The van der Waals surface area contributed by atoms with E-state index in [1.54, 1.807) is 30.3 Å². The maximum Gasteiger partial charge on any atom is 0.319 e. The van der Waals surface area contributed by atoms with Gasteiger partial charge in [0.05, 0.1) is 17.3 Å². The zero-order valence-corrected chi connectivity index (χ0v) is 22.1. The zero-order chi connectivity index (χ0) is 24.9. The molecule has 0 saturated heterocycles. The van der Waals surface area contributed by atoms with Gasteiger partial charge in [-0.3, -0.25) is 4.57 Å². The highest BCUT2D eigenvalue weighted by Gasteiger charge is 2.18. The number of nitrogens with zero attached hydrogens (tertiary/aromatic N) is 3. The maximum atomic E-state index is 12.5. The highest BCUT2D eigenvalue weighted by molar-refractivity contribution is 7.98. The van der Waals surface area contributed by atoms with Crippen LogP contribution in [0.15, 0.2) is 65.8 Å². The van der Waals surface area contributed by atoms with Crippen LogP contribution in [0, 0.1) is 13.8 Å². The fourth-order valence-corrected chi connectivity index (χ4v) is 4.92. The van der Waals surface area contributed by atoms with E-state index in [2.05, 4.69) is 39.9 Å². The Morgan fingerprint density at radius 2 is 1.74 bits per heavy atom. The van der Waals surface area contributed by atoms with Crippen LogP contribution in [0.4, 0.5) is 10.5 Å². The largest absolute Gasteiger partial charge is 0.331 e. The van der Waals surface area contributed by atoms with Gasteiger partial charge in [-0.1, -0.05) is 76.9 Å². The molecule has 0 saturated carbocycles. The molecule has 0 radical (unpaired) electrons. The van der Waals surface area contributed by atoms with Crippen molar-refractivity contribution < 1.29 is 4.79 Å². The van der Waals surface area contributed by atoms with Crippen molar-refractivity contribution in [3.05, 3.63) is 98.2 Å². The molecule has 0 aliphatic carbocycles. The number of aromatic nitrogens is 3. The van der Waals surface area contributed by atoms with Crippen LogP contribution in [-0.4, -0.2) is 20.8 Å². The number of nitrogens with one attached hydrogen (secondary N) is 2. The van der Waals surface area contributed by atoms with E-state index >= 15 is 0 Å². The second kappa shape index (κ2) is 11.4. The number of carbonyl (C=O) groups excluding carboxylic acids is 1. The van der Waals surface area contributed by atoms with Crippen LogP contribution in [0.3, 0.4) is 0 Å². The Labute approximate surface area is 223 Å². The number of amides is 2.